The van der Waals surface area contributed by atoms with E-state index in [1.54, 1.807) is 17.0 Å². The van der Waals surface area contributed by atoms with Crippen LogP contribution in [0.25, 0.3) is 5.57 Å². The Balaban J connectivity index is 1.65. The quantitative estimate of drug-likeness (QED) is 0.743. The second-order valence-corrected chi connectivity index (χ2v) is 8.14. The zero-order valence-corrected chi connectivity index (χ0v) is 16.3. The number of amides is 2. The van der Waals surface area contributed by atoms with Crippen molar-refractivity contribution < 1.29 is 22.8 Å². The van der Waals surface area contributed by atoms with Gasteiger partial charge in [-0.2, -0.15) is 13.2 Å². The van der Waals surface area contributed by atoms with Crippen molar-refractivity contribution in [3.05, 3.63) is 34.4 Å². The fraction of sp³-hybridized carbons (Fsp3) is 0.455. The lowest BCUT2D eigenvalue weighted by Crippen LogP contribution is -2.30. The van der Waals surface area contributed by atoms with Gasteiger partial charge in [0.2, 0.25) is 5.91 Å². The SMILES string of the molecule is C#CC(=O)N1CC[C@H](Nc2ccc(C(N)=O)c3c2C2=C(C3)CC(C(F)(F)F)CC2)C1. The minimum Gasteiger partial charge on any atom is -0.380 e. The van der Waals surface area contributed by atoms with Crippen molar-refractivity contribution in [1.29, 1.82) is 0 Å². The van der Waals surface area contributed by atoms with Crippen molar-refractivity contribution in [2.24, 2.45) is 11.7 Å². The summed E-state index contributed by atoms with van der Waals surface area (Å²) in [7, 11) is 0. The van der Waals surface area contributed by atoms with Gasteiger partial charge in [0, 0.05) is 35.9 Å². The standard InChI is InChI=1S/C22H22F3N3O2/c1-2-19(29)28-8-7-14(11-28)27-18-6-5-16(21(26)30)17-10-12-9-13(22(23,24)25)3-4-15(12)20(17)18/h1,5-6,13-14,27H,3-4,7-11H2,(H2,26,30)/t13?,14-/m0/s1. The number of rotatable bonds is 3. The lowest BCUT2D eigenvalue weighted by molar-refractivity contribution is -0.176. The molecule has 1 aromatic rings. The number of nitrogens with zero attached hydrogens (tertiary/aromatic N) is 1. The van der Waals surface area contributed by atoms with Crippen LogP contribution in [0.15, 0.2) is 17.7 Å². The summed E-state index contributed by atoms with van der Waals surface area (Å²) >= 11 is 0. The molecule has 158 valence electrons. The number of benzene rings is 1. The molecule has 0 spiro atoms. The monoisotopic (exact) mass is 417 g/mol. The molecule has 0 bridgehead atoms. The van der Waals surface area contributed by atoms with Crippen molar-refractivity contribution in [2.75, 3.05) is 18.4 Å². The van der Waals surface area contributed by atoms with Crippen LogP contribution in [0.1, 0.15) is 47.2 Å². The largest absolute Gasteiger partial charge is 0.392 e. The van der Waals surface area contributed by atoms with Crippen LogP contribution in [0, 0.1) is 18.3 Å². The summed E-state index contributed by atoms with van der Waals surface area (Å²) < 4.78 is 39.8. The van der Waals surface area contributed by atoms with Crippen LogP contribution in [-0.2, 0) is 11.2 Å². The molecule has 1 fully saturated rings. The lowest BCUT2D eigenvalue weighted by Gasteiger charge is -2.27. The second kappa shape index (κ2) is 7.38. The highest BCUT2D eigenvalue weighted by atomic mass is 19.4. The van der Waals surface area contributed by atoms with Gasteiger partial charge in [-0.05, 0) is 61.3 Å². The van der Waals surface area contributed by atoms with Crippen molar-refractivity contribution in [3.8, 4) is 12.3 Å². The van der Waals surface area contributed by atoms with Crippen molar-refractivity contribution in [2.45, 2.75) is 44.3 Å². The van der Waals surface area contributed by atoms with Crippen LogP contribution in [0.3, 0.4) is 0 Å². The van der Waals surface area contributed by atoms with Crippen LogP contribution in [0.4, 0.5) is 18.9 Å². The number of carbonyl (C=O) groups excluding carboxylic acids is 2. The summed E-state index contributed by atoms with van der Waals surface area (Å²) in [5, 5.41) is 3.42. The number of terminal acetylenes is 1. The molecule has 1 saturated heterocycles. The number of hydrogen-bond donors (Lipinski definition) is 2. The van der Waals surface area contributed by atoms with E-state index in [2.05, 4.69) is 11.2 Å². The molecule has 0 saturated carbocycles. The van der Waals surface area contributed by atoms with Gasteiger partial charge in [-0.25, -0.2) is 0 Å². The summed E-state index contributed by atoms with van der Waals surface area (Å²) in [5.74, 6) is -0.179. The van der Waals surface area contributed by atoms with Gasteiger partial charge in [0.25, 0.3) is 5.91 Å². The van der Waals surface area contributed by atoms with E-state index in [1.165, 1.54) is 0 Å². The summed E-state index contributed by atoms with van der Waals surface area (Å²) in [6.07, 6.45) is 2.30. The predicted octanol–water partition coefficient (Wildman–Crippen LogP) is 3.10. The Kier molecular flexibility index (Phi) is 5.00. The van der Waals surface area contributed by atoms with Gasteiger partial charge in [0.05, 0.1) is 5.92 Å². The van der Waals surface area contributed by atoms with Crippen LogP contribution in [-0.4, -0.2) is 42.0 Å². The first-order valence-corrected chi connectivity index (χ1v) is 9.94. The van der Waals surface area contributed by atoms with Crippen LogP contribution in [0.5, 0.6) is 0 Å². The number of anilines is 1. The summed E-state index contributed by atoms with van der Waals surface area (Å²) in [5.41, 5.74) is 9.80. The van der Waals surface area contributed by atoms with Gasteiger partial charge < -0.3 is 16.0 Å². The van der Waals surface area contributed by atoms with E-state index in [1.807, 2.05) is 0 Å². The van der Waals surface area contributed by atoms with Crippen molar-refractivity contribution >= 4 is 23.1 Å². The van der Waals surface area contributed by atoms with E-state index < -0.39 is 18.0 Å². The highest BCUT2D eigenvalue weighted by Crippen LogP contribution is 2.50. The van der Waals surface area contributed by atoms with Gasteiger partial charge in [-0.3, -0.25) is 9.59 Å². The molecule has 2 aliphatic carbocycles. The first kappa shape index (κ1) is 20.3. The first-order valence-electron chi connectivity index (χ1n) is 9.94. The number of halogens is 3. The minimum absolute atomic E-state index is 0.0259. The molecule has 5 nitrogen and oxygen atoms in total. The van der Waals surface area contributed by atoms with Gasteiger partial charge in [0.15, 0.2) is 0 Å². The van der Waals surface area contributed by atoms with Crippen LogP contribution in [0.2, 0.25) is 0 Å². The normalized spacial score (nSPS) is 23.1. The minimum atomic E-state index is -4.22. The Bertz CT molecular complexity index is 991. The second-order valence-electron chi connectivity index (χ2n) is 8.14. The van der Waals surface area contributed by atoms with Crippen LogP contribution >= 0.6 is 0 Å². The lowest BCUT2D eigenvalue weighted by atomic mass is 9.83. The molecule has 3 N–H and O–H groups in total. The topological polar surface area (TPSA) is 75.4 Å². The molecule has 1 aliphatic heterocycles. The third-order valence-electron chi connectivity index (χ3n) is 6.35. The van der Waals surface area contributed by atoms with E-state index in [9.17, 15) is 22.8 Å². The molecule has 1 heterocycles. The molecule has 30 heavy (non-hydrogen) atoms. The number of allylic oxidation sites excluding steroid dienone is 2. The molecule has 2 amide bonds. The van der Waals surface area contributed by atoms with Gasteiger partial charge in [-0.1, -0.05) is 5.57 Å². The number of fused-ring (bicyclic) bond motifs is 2. The summed E-state index contributed by atoms with van der Waals surface area (Å²) in [6, 6.07) is 3.36. The Labute approximate surface area is 172 Å². The molecule has 4 rings (SSSR count). The average Bonchev–Trinajstić information content (AvgIpc) is 3.30. The molecule has 0 radical (unpaired) electrons. The average molecular weight is 417 g/mol. The zero-order chi connectivity index (χ0) is 21.6. The number of likely N-dealkylation sites (tertiary alicyclic amines) is 1. The van der Waals surface area contributed by atoms with E-state index in [0.717, 1.165) is 22.4 Å². The Morgan fingerprint density at radius 2 is 2.03 bits per heavy atom. The third-order valence-corrected chi connectivity index (χ3v) is 6.35. The summed E-state index contributed by atoms with van der Waals surface area (Å²) in [6.45, 7) is 1.00. The highest BCUT2D eigenvalue weighted by molar-refractivity contribution is 5.99. The number of nitrogens with one attached hydrogen (secondary N) is 1. The van der Waals surface area contributed by atoms with E-state index in [-0.39, 0.29) is 24.8 Å². The van der Waals surface area contributed by atoms with E-state index >= 15 is 0 Å². The zero-order valence-electron chi connectivity index (χ0n) is 16.3. The molecular weight excluding hydrogens is 395 g/mol. The maximum atomic E-state index is 13.3. The number of primary amides is 1. The van der Waals surface area contributed by atoms with Gasteiger partial charge in [0.1, 0.15) is 0 Å². The Hall–Kier alpha value is -2.95. The molecule has 3 aliphatic rings. The fourth-order valence-electron chi connectivity index (χ4n) is 4.89. The maximum absolute atomic E-state index is 13.3. The number of carbonyl (C=O) groups is 2. The molecule has 0 aromatic heterocycles. The Morgan fingerprint density at radius 3 is 2.70 bits per heavy atom. The van der Waals surface area contributed by atoms with E-state index in [0.29, 0.717) is 43.5 Å². The van der Waals surface area contributed by atoms with Crippen molar-refractivity contribution in [3.63, 3.8) is 0 Å². The molecular formula is C22H22F3N3O2. The van der Waals surface area contributed by atoms with Gasteiger partial charge >= 0.3 is 6.18 Å². The van der Waals surface area contributed by atoms with Crippen molar-refractivity contribution in [1.82, 2.24) is 4.90 Å². The highest BCUT2D eigenvalue weighted by Gasteiger charge is 2.44. The first-order chi connectivity index (χ1) is 14.2. The van der Waals surface area contributed by atoms with Gasteiger partial charge in [-0.15, -0.1) is 6.42 Å². The number of nitrogens with two attached hydrogens (primary N) is 1. The third kappa shape index (κ3) is 3.53. The number of alkyl halides is 3. The van der Waals surface area contributed by atoms with Crippen LogP contribution < -0.4 is 11.1 Å². The molecule has 1 unspecified atom stereocenters. The predicted molar refractivity (Wildman–Crippen MR) is 106 cm³/mol. The molecule has 2 atom stereocenters. The maximum Gasteiger partial charge on any atom is 0.392 e. The summed E-state index contributed by atoms with van der Waals surface area (Å²) in [4.78, 5) is 25.3. The molecule has 1 aromatic carbocycles. The molecule has 8 heteroatoms. The number of hydrogen-bond acceptors (Lipinski definition) is 3. The Morgan fingerprint density at radius 1 is 1.27 bits per heavy atom. The van der Waals surface area contributed by atoms with E-state index in [4.69, 9.17) is 12.2 Å². The fourth-order valence-corrected chi connectivity index (χ4v) is 4.89. The smallest absolute Gasteiger partial charge is 0.380 e.